The third-order valence-electron chi connectivity index (χ3n) is 1.78. The normalized spacial score (nSPS) is 11.8. The predicted octanol–water partition coefficient (Wildman–Crippen LogP) is 2.41. The number of rotatable bonds is 6. The first-order chi connectivity index (χ1) is 6.24. The van der Waals surface area contributed by atoms with Gasteiger partial charge >= 0.3 is 5.97 Å². The van der Waals surface area contributed by atoms with Crippen molar-refractivity contribution in [2.24, 2.45) is 0 Å². The Labute approximate surface area is 79.7 Å². The molecule has 0 spiro atoms. The van der Waals surface area contributed by atoms with Gasteiger partial charge in [0.15, 0.2) is 6.10 Å². The van der Waals surface area contributed by atoms with E-state index in [1.165, 1.54) is 0 Å². The van der Waals surface area contributed by atoms with Gasteiger partial charge in [0.05, 0.1) is 0 Å². The van der Waals surface area contributed by atoms with Gasteiger partial charge in [-0.3, -0.25) is 4.79 Å². The number of unbranched alkanes of at least 4 members (excludes halogenated alkanes) is 2. The van der Waals surface area contributed by atoms with Crippen LogP contribution in [0, 0.1) is 11.3 Å². The standard InChI is InChI=1S/C10H17NO2/c1-3-5-6-7-9(8-11)13-10(12)4-2/h9H,3-7H2,1-2H3/t9-/m0/s1. The van der Waals surface area contributed by atoms with Crippen molar-refractivity contribution in [3.8, 4) is 6.07 Å². The van der Waals surface area contributed by atoms with Crippen LogP contribution in [0.5, 0.6) is 0 Å². The average Bonchev–Trinajstić information content (AvgIpc) is 2.16. The molecule has 0 aliphatic heterocycles. The van der Waals surface area contributed by atoms with Gasteiger partial charge in [0.1, 0.15) is 6.07 Å². The first-order valence-corrected chi connectivity index (χ1v) is 4.83. The highest BCUT2D eigenvalue weighted by Gasteiger charge is 2.10. The number of hydrogen-bond donors (Lipinski definition) is 0. The molecule has 3 heteroatoms. The van der Waals surface area contributed by atoms with E-state index < -0.39 is 6.10 Å². The largest absolute Gasteiger partial charge is 0.447 e. The van der Waals surface area contributed by atoms with E-state index in [4.69, 9.17) is 10.00 Å². The van der Waals surface area contributed by atoms with E-state index in [0.717, 1.165) is 19.3 Å². The highest BCUT2D eigenvalue weighted by atomic mass is 16.5. The van der Waals surface area contributed by atoms with Gasteiger partial charge in [-0.15, -0.1) is 0 Å². The van der Waals surface area contributed by atoms with Crippen LogP contribution in [0.15, 0.2) is 0 Å². The molecule has 0 radical (unpaired) electrons. The van der Waals surface area contributed by atoms with E-state index in [-0.39, 0.29) is 5.97 Å². The average molecular weight is 183 g/mol. The van der Waals surface area contributed by atoms with Gasteiger partial charge in [-0.05, 0) is 12.8 Å². The van der Waals surface area contributed by atoms with Crippen LogP contribution in [0.1, 0.15) is 46.0 Å². The maximum atomic E-state index is 10.8. The molecule has 0 N–H and O–H groups in total. The monoisotopic (exact) mass is 183 g/mol. The van der Waals surface area contributed by atoms with Gasteiger partial charge in [-0.2, -0.15) is 5.26 Å². The molecule has 0 unspecified atom stereocenters. The van der Waals surface area contributed by atoms with E-state index in [1.807, 2.05) is 6.07 Å². The summed E-state index contributed by atoms with van der Waals surface area (Å²) in [6, 6.07) is 1.98. The van der Waals surface area contributed by atoms with E-state index in [2.05, 4.69) is 6.92 Å². The van der Waals surface area contributed by atoms with Crippen LogP contribution in [0.3, 0.4) is 0 Å². The summed E-state index contributed by atoms with van der Waals surface area (Å²) in [5.41, 5.74) is 0. The van der Waals surface area contributed by atoms with Crippen molar-refractivity contribution in [2.45, 2.75) is 52.1 Å². The summed E-state index contributed by atoms with van der Waals surface area (Å²) >= 11 is 0. The zero-order chi connectivity index (χ0) is 10.1. The number of esters is 1. The Morgan fingerprint density at radius 2 is 2.15 bits per heavy atom. The molecule has 0 rings (SSSR count). The summed E-state index contributed by atoms with van der Waals surface area (Å²) in [6.45, 7) is 3.82. The van der Waals surface area contributed by atoms with Crippen LogP contribution in [0.2, 0.25) is 0 Å². The molecule has 0 heterocycles. The molecule has 0 fully saturated rings. The lowest BCUT2D eigenvalue weighted by molar-refractivity contribution is -0.146. The Morgan fingerprint density at radius 3 is 2.62 bits per heavy atom. The van der Waals surface area contributed by atoms with Crippen LogP contribution < -0.4 is 0 Å². The fourth-order valence-corrected chi connectivity index (χ4v) is 0.972. The fourth-order valence-electron chi connectivity index (χ4n) is 0.972. The van der Waals surface area contributed by atoms with E-state index in [0.29, 0.717) is 12.8 Å². The first-order valence-electron chi connectivity index (χ1n) is 4.83. The Hall–Kier alpha value is -1.04. The summed E-state index contributed by atoms with van der Waals surface area (Å²) in [7, 11) is 0. The van der Waals surface area contributed by atoms with Crippen LogP contribution in [0.4, 0.5) is 0 Å². The first kappa shape index (κ1) is 12.0. The molecule has 1 atom stereocenters. The van der Waals surface area contributed by atoms with Crippen molar-refractivity contribution in [1.82, 2.24) is 0 Å². The minimum atomic E-state index is -0.543. The minimum absolute atomic E-state index is 0.289. The van der Waals surface area contributed by atoms with Gasteiger partial charge in [-0.1, -0.05) is 26.7 Å². The van der Waals surface area contributed by atoms with E-state index in [1.54, 1.807) is 6.92 Å². The molecule has 13 heavy (non-hydrogen) atoms. The summed E-state index contributed by atoms with van der Waals surface area (Å²) in [6.07, 6.45) is 3.61. The number of carbonyl (C=O) groups is 1. The second-order valence-corrected chi connectivity index (χ2v) is 2.96. The predicted molar refractivity (Wildman–Crippen MR) is 49.9 cm³/mol. The van der Waals surface area contributed by atoms with Crippen LogP contribution in [0.25, 0.3) is 0 Å². The van der Waals surface area contributed by atoms with Crippen molar-refractivity contribution >= 4 is 5.97 Å². The SMILES string of the molecule is CCCCC[C@@H](C#N)OC(=O)CC. The maximum absolute atomic E-state index is 10.8. The molecule has 74 valence electrons. The van der Waals surface area contributed by atoms with Gasteiger partial charge < -0.3 is 4.74 Å². The zero-order valence-electron chi connectivity index (χ0n) is 8.38. The maximum Gasteiger partial charge on any atom is 0.306 e. The molecule has 0 saturated carbocycles. The third-order valence-corrected chi connectivity index (χ3v) is 1.78. The molecular formula is C10H17NO2. The van der Waals surface area contributed by atoms with Gasteiger partial charge in [0.25, 0.3) is 0 Å². The highest BCUT2D eigenvalue weighted by molar-refractivity contribution is 5.69. The number of hydrogen-bond acceptors (Lipinski definition) is 3. The molecule has 0 aliphatic rings. The lowest BCUT2D eigenvalue weighted by Crippen LogP contribution is -2.15. The summed E-state index contributed by atoms with van der Waals surface area (Å²) in [4.78, 5) is 10.8. The van der Waals surface area contributed by atoms with Crippen LogP contribution in [-0.2, 0) is 9.53 Å². The second-order valence-electron chi connectivity index (χ2n) is 2.96. The number of ether oxygens (including phenoxy) is 1. The Morgan fingerprint density at radius 1 is 1.46 bits per heavy atom. The summed E-state index contributed by atoms with van der Waals surface area (Å²) in [5, 5.41) is 8.64. The number of carbonyl (C=O) groups excluding carboxylic acids is 1. The topological polar surface area (TPSA) is 50.1 Å². The molecule has 0 aromatic heterocycles. The Bertz CT molecular complexity index is 184. The lowest BCUT2D eigenvalue weighted by atomic mass is 10.1. The summed E-state index contributed by atoms with van der Waals surface area (Å²) in [5.74, 6) is -0.289. The van der Waals surface area contributed by atoms with Crippen LogP contribution >= 0.6 is 0 Å². The molecule has 0 aromatic carbocycles. The van der Waals surface area contributed by atoms with Crippen molar-refractivity contribution in [3.05, 3.63) is 0 Å². The van der Waals surface area contributed by atoms with Gasteiger partial charge in [0, 0.05) is 6.42 Å². The number of nitrogens with zero attached hydrogens (tertiary/aromatic N) is 1. The molecule has 3 nitrogen and oxygen atoms in total. The van der Waals surface area contributed by atoms with Crippen molar-refractivity contribution in [1.29, 1.82) is 5.26 Å². The minimum Gasteiger partial charge on any atom is -0.447 e. The lowest BCUT2D eigenvalue weighted by Gasteiger charge is -2.09. The number of nitriles is 1. The zero-order valence-corrected chi connectivity index (χ0v) is 8.38. The van der Waals surface area contributed by atoms with Gasteiger partial charge in [-0.25, -0.2) is 0 Å². The Kier molecular flexibility index (Phi) is 6.99. The molecule has 0 amide bonds. The molecule has 0 aromatic rings. The fraction of sp³-hybridized carbons (Fsp3) is 0.800. The quantitative estimate of drug-likeness (QED) is 0.469. The molecule has 0 saturated heterocycles. The van der Waals surface area contributed by atoms with E-state index in [9.17, 15) is 4.79 Å². The van der Waals surface area contributed by atoms with Gasteiger partial charge in [0.2, 0.25) is 0 Å². The summed E-state index contributed by atoms with van der Waals surface area (Å²) < 4.78 is 4.90. The van der Waals surface area contributed by atoms with E-state index >= 15 is 0 Å². The second kappa shape index (κ2) is 7.60. The molecular weight excluding hydrogens is 166 g/mol. The highest BCUT2D eigenvalue weighted by Crippen LogP contribution is 2.06. The molecule has 0 bridgehead atoms. The van der Waals surface area contributed by atoms with Crippen molar-refractivity contribution in [2.75, 3.05) is 0 Å². The van der Waals surface area contributed by atoms with Crippen molar-refractivity contribution < 1.29 is 9.53 Å². The third kappa shape index (κ3) is 6.15. The van der Waals surface area contributed by atoms with Crippen molar-refractivity contribution in [3.63, 3.8) is 0 Å². The Balaban J connectivity index is 3.65. The van der Waals surface area contributed by atoms with Crippen LogP contribution in [-0.4, -0.2) is 12.1 Å². The smallest absolute Gasteiger partial charge is 0.306 e. The molecule has 0 aliphatic carbocycles.